The molecule has 0 saturated carbocycles. The summed E-state index contributed by atoms with van der Waals surface area (Å²) in [7, 11) is 0. The van der Waals surface area contributed by atoms with Crippen molar-refractivity contribution in [3.05, 3.63) is 23.6 Å². The summed E-state index contributed by atoms with van der Waals surface area (Å²) in [5.41, 5.74) is 0.163. The molecule has 1 N–H and O–H groups in total. The van der Waals surface area contributed by atoms with Crippen LogP contribution < -0.4 is 0 Å². The van der Waals surface area contributed by atoms with Crippen molar-refractivity contribution >= 4 is 6.09 Å². The molecule has 0 aromatic carbocycles. The maximum absolute atomic E-state index is 13.0. The fraction of sp³-hybridized carbons (Fsp3) is 0.600. The number of carbonyl (C=O) groups excluding carboxylic acids is 1. The molecule has 1 amide bonds. The summed E-state index contributed by atoms with van der Waals surface area (Å²) in [6.07, 6.45) is 1.13. The highest BCUT2D eigenvalue weighted by Crippen LogP contribution is 2.29. The molecule has 5 nitrogen and oxygen atoms in total. The molecule has 1 aliphatic heterocycles. The third-order valence-corrected chi connectivity index (χ3v) is 3.41. The normalized spacial score (nSPS) is 16.9. The van der Waals surface area contributed by atoms with Gasteiger partial charge < -0.3 is 14.7 Å². The Morgan fingerprint density at radius 2 is 2.00 bits per heavy atom. The van der Waals surface area contributed by atoms with Crippen LogP contribution in [0.2, 0.25) is 0 Å². The number of rotatable bonds is 1. The molecule has 1 saturated heterocycles. The first-order valence-electron chi connectivity index (χ1n) is 7.09. The Morgan fingerprint density at radius 3 is 2.52 bits per heavy atom. The van der Waals surface area contributed by atoms with E-state index in [0.717, 1.165) is 12.8 Å². The SMILES string of the molecule is CC(C)(C)OC(=O)N1CCC(c2ccc(F)c(O)n2)CC1. The van der Waals surface area contributed by atoms with Gasteiger partial charge in [0.15, 0.2) is 5.82 Å². The highest BCUT2D eigenvalue weighted by atomic mass is 19.1. The largest absolute Gasteiger partial charge is 0.491 e. The standard InChI is InChI=1S/C15H21FN2O3/c1-15(2,3)21-14(20)18-8-6-10(7-9-18)12-5-4-11(16)13(19)17-12/h4-5,10H,6-9H2,1-3H3,(H,17,19). The Bertz CT molecular complexity index is 520. The number of carbonyl (C=O) groups is 1. The molecule has 2 heterocycles. The molecule has 0 aliphatic carbocycles. The van der Waals surface area contributed by atoms with Gasteiger partial charge in [-0.25, -0.2) is 14.2 Å². The molecule has 1 aromatic rings. The molecule has 2 rings (SSSR count). The van der Waals surface area contributed by atoms with Crippen LogP contribution in [-0.4, -0.2) is 39.8 Å². The zero-order valence-electron chi connectivity index (χ0n) is 12.6. The van der Waals surface area contributed by atoms with Crippen LogP contribution in [-0.2, 0) is 4.74 Å². The topological polar surface area (TPSA) is 62.7 Å². The van der Waals surface area contributed by atoms with Gasteiger partial charge in [-0.3, -0.25) is 0 Å². The van der Waals surface area contributed by atoms with Crippen molar-refractivity contribution in [2.75, 3.05) is 13.1 Å². The quantitative estimate of drug-likeness (QED) is 0.865. The second kappa shape index (κ2) is 5.87. The van der Waals surface area contributed by atoms with Crippen molar-refractivity contribution in [3.63, 3.8) is 0 Å². The fourth-order valence-corrected chi connectivity index (χ4v) is 2.36. The highest BCUT2D eigenvalue weighted by molar-refractivity contribution is 5.68. The minimum Gasteiger partial charge on any atom is -0.491 e. The van der Waals surface area contributed by atoms with Crippen LogP contribution in [0.1, 0.15) is 45.2 Å². The van der Waals surface area contributed by atoms with Crippen molar-refractivity contribution in [2.24, 2.45) is 0 Å². The minimum absolute atomic E-state index is 0.121. The van der Waals surface area contributed by atoms with E-state index in [9.17, 15) is 14.3 Å². The lowest BCUT2D eigenvalue weighted by molar-refractivity contribution is 0.0204. The molecule has 6 heteroatoms. The first-order valence-corrected chi connectivity index (χ1v) is 7.09. The lowest BCUT2D eigenvalue weighted by Crippen LogP contribution is -2.41. The van der Waals surface area contributed by atoms with E-state index in [1.54, 1.807) is 11.0 Å². The number of hydrogen-bond donors (Lipinski definition) is 1. The average Bonchev–Trinajstić information content (AvgIpc) is 2.40. The molecule has 1 aromatic heterocycles. The summed E-state index contributed by atoms with van der Waals surface area (Å²) < 4.78 is 18.3. The van der Waals surface area contributed by atoms with E-state index in [4.69, 9.17) is 4.74 Å². The van der Waals surface area contributed by atoms with E-state index in [1.807, 2.05) is 20.8 Å². The monoisotopic (exact) mass is 296 g/mol. The van der Waals surface area contributed by atoms with Gasteiger partial charge in [-0.1, -0.05) is 0 Å². The van der Waals surface area contributed by atoms with Crippen LogP contribution in [0.5, 0.6) is 5.88 Å². The lowest BCUT2D eigenvalue weighted by atomic mass is 9.93. The maximum Gasteiger partial charge on any atom is 0.410 e. The molecule has 116 valence electrons. The van der Waals surface area contributed by atoms with Crippen LogP contribution in [0.3, 0.4) is 0 Å². The number of likely N-dealkylation sites (tertiary alicyclic amines) is 1. The van der Waals surface area contributed by atoms with E-state index in [1.165, 1.54) is 6.07 Å². The number of pyridine rings is 1. The van der Waals surface area contributed by atoms with Gasteiger partial charge in [-0.05, 0) is 45.7 Å². The number of ether oxygens (including phenoxy) is 1. The molecule has 0 unspecified atom stereocenters. The Morgan fingerprint density at radius 1 is 1.38 bits per heavy atom. The smallest absolute Gasteiger partial charge is 0.410 e. The van der Waals surface area contributed by atoms with Crippen molar-refractivity contribution in [2.45, 2.75) is 45.1 Å². The molecule has 1 fully saturated rings. The van der Waals surface area contributed by atoms with Gasteiger partial charge in [0, 0.05) is 24.7 Å². The molecular weight excluding hydrogens is 275 g/mol. The molecule has 21 heavy (non-hydrogen) atoms. The van der Waals surface area contributed by atoms with Crippen LogP contribution in [0, 0.1) is 5.82 Å². The van der Waals surface area contributed by atoms with Gasteiger partial charge in [0.2, 0.25) is 5.88 Å². The van der Waals surface area contributed by atoms with E-state index in [0.29, 0.717) is 18.8 Å². The van der Waals surface area contributed by atoms with E-state index in [-0.39, 0.29) is 12.0 Å². The minimum atomic E-state index is -0.718. The van der Waals surface area contributed by atoms with E-state index < -0.39 is 17.3 Å². The predicted octanol–water partition coefficient (Wildman–Crippen LogP) is 3.04. The summed E-state index contributed by atoms with van der Waals surface area (Å²) >= 11 is 0. The summed E-state index contributed by atoms with van der Waals surface area (Å²) in [6.45, 7) is 6.65. The second-order valence-electron chi connectivity index (χ2n) is 6.28. The number of hydrogen-bond acceptors (Lipinski definition) is 4. The van der Waals surface area contributed by atoms with Crippen LogP contribution in [0.15, 0.2) is 12.1 Å². The van der Waals surface area contributed by atoms with Crippen LogP contribution >= 0.6 is 0 Å². The Kier molecular flexibility index (Phi) is 4.34. The molecule has 0 bridgehead atoms. The number of aromatic nitrogens is 1. The fourth-order valence-electron chi connectivity index (χ4n) is 2.36. The molecule has 1 aliphatic rings. The highest BCUT2D eigenvalue weighted by Gasteiger charge is 2.28. The van der Waals surface area contributed by atoms with Gasteiger partial charge in [0.25, 0.3) is 0 Å². The first-order chi connectivity index (χ1) is 9.76. The second-order valence-corrected chi connectivity index (χ2v) is 6.28. The Balaban J connectivity index is 1.94. The molecule has 0 spiro atoms. The number of nitrogens with zero attached hydrogens (tertiary/aromatic N) is 2. The predicted molar refractivity (Wildman–Crippen MR) is 75.6 cm³/mol. The maximum atomic E-state index is 13.0. The van der Waals surface area contributed by atoms with Crippen molar-refractivity contribution in [1.82, 2.24) is 9.88 Å². The Labute approximate surface area is 123 Å². The van der Waals surface area contributed by atoms with Gasteiger partial charge in [0.05, 0.1) is 0 Å². The lowest BCUT2D eigenvalue weighted by Gasteiger charge is -2.33. The Hall–Kier alpha value is -1.85. The zero-order chi connectivity index (χ0) is 15.6. The zero-order valence-corrected chi connectivity index (χ0v) is 12.6. The van der Waals surface area contributed by atoms with Crippen LogP contribution in [0.25, 0.3) is 0 Å². The third-order valence-electron chi connectivity index (χ3n) is 3.41. The van der Waals surface area contributed by atoms with Crippen LogP contribution in [0.4, 0.5) is 9.18 Å². The number of aromatic hydroxyl groups is 1. The number of piperidine rings is 1. The molecule has 0 atom stereocenters. The summed E-state index contributed by atoms with van der Waals surface area (Å²) in [4.78, 5) is 17.5. The average molecular weight is 296 g/mol. The summed E-state index contributed by atoms with van der Waals surface area (Å²) in [6, 6.07) is 2.81. The van der Waals surface area contributed by atoms with Gasteiger partial charge in [-0.2, -0.15) is 0 Å². The molecular formula is C15H21FN2O3. The molecule has 0 radical (unpaired) electrons. The van der Waals surface area contributed by atoms with Gasteiger partial charge in [0.1, 0.15) is 5.60 Å². The summed E-state index contributed by atoms with van der Waals surface area (Å²) in [5.74, 6) is -1.16. The third kappa shape index (κ3) is 4.06. The van der Waals surface area contributed by atoms with Crippen molar-refractivity contribution in [1.29, 1.82) is 0 Å². The van der Waals surface area contributed by atoms with E-state index >= 15 is 0 Å². The summed E-state index contributed by atoms with van der Waals surface area (Å²) in [5, 5.41) is 9.33. The van der Waals surface area contributed by atoms with Crippen molar-refractivity contribution < 1.29 is 19.0 Å². The van der Waals surface area contributed by atoms with Gasteiger partial charge >= 0.3 is 6.09 Å². The first kappa shape index (κ1) is 15.5. The van der Waals surface area contributed by atoms with Crippen molar-refractivity contribution in [3.8, 4) is 5.88 Å². The number of amides is 1. The van der Waals surface area contributed by atoms with E-state index in [2.05, 4.69) is 4.98 Å². The number of halogens is 1. The van der Waals surface area contributed by atoms with Gasteiger partial charge in [-0.15, -0.1) is 0 Å².